The largest absolute Gasteiger partial charge is 0.330 e. The third kappa shape index (κ3) is 2.28. The average Bonchev–Trinajstić information content (AvgIpc) is 2.48. The van der Waals surface area contributed by atoms with Crippen LogP contribution in [0.25, 0.3) is 10.8 Å². The van der Waals surface area contributed by atoms with Crippen molar-refractivity contribution in [2.24, 2.45) is 5.73 Å². The van der Waals surface area contributed by atoms with Crippen molar-refractivity contribution in [3.05, 3.63) is 48.0 Å². The van der Waals surface area contributed by atoms with Crippen LogP contribution in [-0.4, -0.2) is 6.54 Å². The maximum Gasteiger partial charge on any atom is -0.00289 e. The van der Waals surface area contributed by atoms with Crippen molar-refractivity contribution in [3.8, 4) is 0 Å². The van der Waals surface area contributed by atoms with Crippen LogP contribution in [0.3, 0.4) is 0 Å². The molecule has 1 saturated carbocycles. The van der Waals surface area contributed by atoms with Crippen LogP contribution in [0, 0.1) is 0 Å². The van der Waals surface area contributed by atoms with Gasteiger partial charge in [-0.3, -0.25) is 0 Å². The highest BCUT2D eigenvalue weighted by Gasteiger charge is 2.34. The van der Waals surface area contributed by atoms with Gasteiger partial charge >= 0.3 is 0 Å². The van der Waals surface area contributed by atoms with Gasteiger partial charge in [-0.15, -0.1) is 0 Å². The second-order valence-corrected chi connectivity index (χ2v) is 5.91. The molecule has 1 fully saturated rings. The predicted molar refractivity (Wildman–Crippen MR) is 82.4 cm³/mol. The van der Waals surface area contributed by atoms with E-state index in [0.717, 1.165) is 13.0 Å². The first-order valence-electron chi connectivity index (χ1n) is 7.54. The van der Waals surface area contributed by atoms with Crippen molar-refractivity contribution in [1.29, 1.82) is 0 Å². The van der Waals surface area contributed by atoms with Crippen molar-refractivity contribution in [2.75, 3.05) is 6.54 Å². The molecule has 2 N–H and O–H groups in total. The molecule has 19 heavy (non-hydrogen) atoms. The topological polar surface area (TPSA) is 26.0 Å². The van der Waals surface area contributed by atoms with Crippen molar-refractivity contribution < 1.29 is 0 Å². The van der Waals surface area contributed by atoms with Gasteiger partial charge in [-0.2, -0.15) is 0 Å². The monoisotopic (exact) mass is 253 g/mol. The molecular formula is C18H23N. The third-order valence-electron chi connectivity index (χ3n) is 4.79. The Morgan fingerprint density at radius 2 is 1.63 bits per heavy atom. The lowest BCUT2D eigenvalue weighted by atomic mass is 9.66. The molecule has 3 rings (SSSR count). The lowest BCUT2D eigenvalue weighted by Crippen LogP contribution is -2.32. The van der Waals surface area contributed by atoms with E-state index in [1.54, 1.807) is 0 Å². The molecule has 0 radical (unpaired) electrons. The van der Waals surface area contributed by atoms with E-state index < -0.39 is 0 Å². The Bertz CT molecular complexity index is 542. The quantitative estimate of drug-likeness (QED) is 0.862. The van der Waals surface area contributed by atoms with Gasteiger partial charge < -0.3 is 5.73 Å². The minimum Gasteiger partial charge on any atom is -0.330 e. The molecule has 0 amide bonds. The van der Waals surface area contributed by atoms with Crippen molar-refractivity contribution in [2.45, 2.75) is 43.9 Å². The fourth-order valence-corrected chi connectivity index (χ4v) is 3.85. The van der Waals surface area contributed by atoms with E-state index in [-0.39, 0.29) is 0 Å². The molecule has 0 aliphatic heterocycles. The van der Waals surface area contributed by atoms with E-state index in [2.05, 4.69) is 42.5 Å². The summed E-state index contributed by atoms with van der Waals surface area (Å²) < 4.78 is 0. The molecule has 1 heteroatoms. The maximum absolute atomic E-state index is 5.93. The molecule has 0 unspecified atom stereocenters. The smallest absolute Gasteiger partial charge is 0.00289 e. The number of hydrogen-bond donors (Lipinski definition) is 1. The summed E-state index contributed by atoms with van der Waals surface area (Å²) in [7, 11) is 0. The Morgan fingerprint density at radius 3 is 2.42 bits per heavy atom. The van der Waals surface area contributed by atoms with Gasteiger partial charge in [-0.1, -0.05) is 61.7 Å². The molecule has 2 aromatic carbocycles. The normalized spacial score (nSPS) is 18.6. The molecule has 1 nitrogen and oxygen atoms in total. The molecule has 0 bridgehead atoms. The first kappa shape index (κ1) is 12.7. The van der Waals surface area contributed by atoms with Crippen LogP contribution < -0.4 is 5.73 Å². The molecule has 0 heterocycles. The Hall–Kier alpha value is -1.34. The van der Waals surface area contributed by atoms with Crippen molar-refractivity contribution in [1.82, 2.24) is 0 Å². The van der Waals surface area contributed by atoms with Crippen LogP contribution in [0.15, 0.2) is 42.5 Å². The molecule has 100 valence electrons. The van der Waals surface area contributed by atoms with Gasteiger partial charge in [0.2, 0.25) is 0 Å². The molecule has 2 aromatic rings. The van der Waals surface area contributed by atoms with Crippen molar-refractivity contribution in [3.63, 3.8) is 0 Å². The van der Waals surface area contributed by atoms with Gasteiger partial charge in [-0.05, 0) is 47.6 Å². The first-order valence-corrected chi connectivity index (χ1v) is 7.54. The minimum atomic E-state index is 0.327. The van der Waals surface area contributed by atoms with Crippen LogP contribution in [0.2, 0.25) is 0 Å². The fourth-order valence-electron chi connectivity index (χ4n) is 3.85. The maximum atomic E-state index is 5.93. The summed E-state index contributed by atoms with van der Waals surface area (Å²) in [6.07, 6.45) is 7.82. The highest BCUT2D eigenvalue weighted by molar-refractivity contribution is 5.86. The summed E-state index contributed by atoms with van der Waals surface area (Å²) in [5.41, 5.74) is 7.79. The Labute approximate surface area is 115 Å². The second-order valence-electron chi connectivity index (χ2n) is 5.91. The van der Waals surface area contributed by atoms with E-state index in [1.165, 1.54) is 48.4 Å². The summed E-state index contributed by atoms with van der Waals surface area (Å²) in [4.78, 5) is 0. The standard InChI is InChI=1S/C18H23N/c19-14-13-18(11-4-1-5-12-18)17-10-6-8-15-7-2-3-9-16(15)17/h2-3,6-10H,1,4-5,11-14,19H2. The average molecular weight is 253 g/mol. The van der Waals surface area contributed by atoms with Gasteiger partial charge in [0.05, 0.1) is 0 Å². The minimum absolute atomic E-state index is 0.327. The number of rotatable bonds is 3. The zero-order valence-electron chi connectivity index (χ0n) is 11.6. The molecule has 0 saturated heterocycles. The lowest BCUT2D eigenvalue weighted by Gasteiger charge is -2.38. The zero-order chi connectivity index (χ0) is 13.1. The van der Waals surface area contributed by atoms with Gasteiger partial charge in [0.15, 0.2) is 0 Å². The van der Waals surface area contributed by atoms with Crippen LogP contribution >= 0.6 is 0 Å². The highest BCUT2D eigenvalue weighted by atomic mass is 14.5. The molecule has 1 aliphatic carbocycles. The summed E-state index contributed by atoms with van der Waals surface area (Å²) in [6.45, 7) is 0.795. The summed E-state index contributed by atoms with van der Waals surface area (Å²) in [5.74, 6) is 0. The SMILES string of the molecule is NCCC1(c2cccc3ccccc23)CCCCC1. The van der Waals surface area contributed by atoms with E-state index in [0.29, 0.717) is 5.41 Å². The van der Waals surface area contributed by atoms with Gasteiger partial charge in [0, 0.05) is 0 Å². The van der Waals surface area contributed by atoms with Gasteiger partial charge in [-0.25, -0.2) is 0 Å². The van der Waals surface area contributed by atoms with Crippen LogP contribution in [-0.2, 0) is 5.41 Å². The van der Waals surface area contributed by atoms with Crippen LogP contribution in [0.5, 0.6) is 0 Å². The molecule has 0 atom stereocenters. The Balaban J connectivity index is 2.14. The molecule has 0 aromatic heterocycles. The molecule has 0 spiro atoms. The van der Waals surface area contributed by atoms with Crippen molar-refractivity contribution >= 4 is 10.8 Å². The van der Waals surface area contributed by atoms with Crippen LogP contribution in [0.4, 0.5) is 0 Å². The fraction of sp³-hybridized carbons (Fsp3) is 0.444. The number of fused-ring (bicyclic) bond motifs is 1. The van der Waals surface area contributed by atoms with Gasteiger partial charge in [0.25, 0.3) is 0 Å². The summed E-state index contributed by atoms with van der Waals surface area (Å²) >= 11 is 0. The first-order chi connectivity index (χ1) is 9.36. The third-order valence-corrected chi connectivity index (χ3v) is 4.79. The van der Waals surface area contributed by atoms with E-state index in [1.807, 2.05) is 0 Å². The highest BCUT2D eigenvalue weighted by Crippen LogP contribution is 2.44. The number of nitrogens with two attached hydrogens (primary N) is 1. The Kier molecular flexibility index (Phi) is 3.56. The summed E-state index contributed by atoms with van der Waals surface area (Å²) in [6, 6.07) is 15.5. The van der Waals surface area contributed by atoms with E-state index >= 15 is 0 Å². The Morgan fingerprint density at radius 1 is 0.895 bits per heavy atom. The van der Waals surface area contributed by atoms with E-state index in [9.17, 15) is 0 Å². The second kappa shape index (κ2) is 5.34. The van der Waals surface area contributed by atoms with Gasteiger partial charge in [0.1, 0.15) is 0 Å². The summed E-state index contributed by atoms with van der Waals surface area (Å²) in [5, 5.41) is 2.79. The number of hydrogen-bond acceptors (Lipinski definition) is 1. The van der Waals surface area contributed by atoms with Crippen LogP contribution in [0.1, 0.15) is 44.1 Å². The number of benzene rings is 2. The van der Waals surface area contributed by atoms with E-state index in [4.69, 9.17) is 5.73 Å². The predicted octanol–water partition coefficient (Wildman–Crippen LogP) is 4.39. The zero-order valence-corrected chi connectivity index (χ0v) is 11.6. The molecular weight excluding hydrogens is 230 g/mol. The molecule has 1 aliphatic rings. The lowest BCUT2D eigenvalue weighted by molar-refractivity contribution is 0.279.